The number of ether oxygens (including phenoxy) is 3. The van der Waals surface area contributed by atoms with Crippen LogP contribution in [-0.2, 0) is 4.79 Å². The van der Waals surface area contributed by atoms with E-state index in [1.165, 1.54) is 11.8 Å². The predicted octanol–water partition coefficient (Wildman–Crippen LogP) is 4.67. The van der Waals surface area contributed by atoms with Crippen molar-refractivity contribution in [3.63, 3.8) is 0 Å². The number of methoxy groups -OCH3 is 3. The summed E-state index contributed by atoms with van der Waals surface area (Å²) in [7, 11) is 4.70. The van der Waals surface area contributed by atoms with Gasteiger partial charge in [0.15, 0.2) is 11.5 Å². The molecule has 0 unspecified atom stereocenters. The Morgan fingerprint density at radius 1 is 1.00 bits per heavy atom. The monoisotopic (exact) mass is 415 g/mol. The van der Waals surface area contributed by atoms with E-state index in [2.05, 4.69) is 0 Å². The Morgan fingerprint density at radius 3 is 2.21 bits per heavy atom. The molecule has 1 amide bonds. The molecule has 146 valence electrons. The van der Waals surface area contributed by atoms with Gasteiger partial charge in [0.25, 0.3) is 5.91 Å². The van der Waals surface area contributed by atoms with Gasteiger partial charge in [-0.3, -0.25) is 9.69 Å². The highest BCUT2D eigenvalue weighted by molar-refractivity contribution is 8.26. The van der Waals surface area contributed by atoms with Crippen LogP contribution in [0.5, 0.6) is 17.2 Å². The SMILES string of the molecule is COc1cc(OC)c(OC)cc1/C=C1\SC(=S)N([C@H](C)c2ccccc2)C1=O. The highest BCUT2D eigenvalue weighted by atomic mass is 32.2. The first kappa shape index (κ1) is 20.2. The van der Waals surface area contributed by atoms with Crippen LogP contribution in [0.25, 0.3) is 6.08 Å². The zero-order chi connectivity index (χ0) is 20.3. The molecule has 3 rings (SSSR count). The lowest BCUT2D eigenvalue weighted by Crippen LogP contribution is -2.30. The lowest BCUT2D eigenvalue weighted by Gasteiger charge is -2.23. The molecule has 28 heavy (non-hydrogen) atoms. The van der Waals surface area contributed by atoms with Crippen molar-refractivity contribution in [2.45, 2.75) is 13.0 Å². The molecule has 0 N–H and O–H groups in total. The summed E-state index contributed by atoms with van der Waals surface area (Å²) in [6.45, 7) is 1.97. The fourth-order valence-corrected chi connectivity index (χ4v) is 4.41. The van der Waals surface area contributed by atoms with Gasteiger partial charge in [-0.15, -0.1) is 0 Å². The van der Waals surface area contributed by atoms with Crippen LogP contribution >= 0.6 is 24.0 Å². The third kappa shape index (κ3) is 3.86. The van der Waals surface area contributed by atoms with Crippen molar-refractivity contribution < 1.29 is 19.0 Å². The van der Waals surface area contributed by atoms with Crippen molar-refractivity contribution in [2.24, 2.45) is 0 Å². The molecular formula is C21H21NO4S2. The molecular weight excluding hydrogens is 394 g/mol. The Kier molecular flexibility index (Phi) is 6.26. The Morgan fingerprint density at radius 2 is 1.61 bits per heavy atom. The Hall–Kier alpha value is -2.51. The van der Waals surface area contributed by atoms with Gasteiger partial charge < -0.3 is 14.2 Å². The largest absolute Gasteiger partial charge is 0.496 e. The van der Waals surface area contributed by atoms with E-state index in [4.69, 9.17) is 26.4 Å². The topological polar surface area (TPSA) is 48.0 Å². The van der Waals surface area contributed by atoms with Crippen LogP contribution < -0.4 is 14.2 Å². The highest BCUT2D eigenvalue weighted by Crippen LogP contribution is 2.41. The zero-order valence-electron chi connectivity index (χ0n) is 16.1. The van der Waals surface area contributed by atoms with Gasteiger partial charge in [-0.2, -0.15) is 0 Å². The lowest BCUT2D eigenvalue weighted by molar-refractivity contribution is -0.123. The number of benzene rings is 2. The Labute approximate surface area is 174 Å². The maximum atomic E-state index is 13.1. The van der Waals surface area contributed by atoms with Crippen molar-refractivity contribution in [2.75, 3.05) is 21.3 Å². The normalized spacial score (nSPS) is 16.4. The average molecular weight is 416 g/mol. The molecule has 0 aromatic heterocycles. The molecule has 2 aromatic carbocycles. The highest BCUT2D eigenvalue weighted by Gasteiger charge is 2.36. The van der Waals surface area contributed by atoms with Crippen molar-refractivity contribution in [1.29, 1.82) is 0 Å². The summed E-state index contributed by atoms with van der Waals surface area (Å²) >= 11 is 6.77. The molecule has 1 saturated heterocycles. The summed E-state index contributed by atoms with van der Waals surface area (Å²) in [5.74, 6) is 1.58. The number of carbonyl (C=O) groups excluding carboxylic acids is 1. The molecule has 1 atom stereocenters. The number of carbonyl (C=O) groups is 1. The van der Waals surface area contributed by atoms with E-state index in [0.717, 1.165) is 5.56 Å². The minimum atomic E-state index is -0.146. The van der Waals surface area contributed by atoms with Crippen LogP contribution in [0, 0.1) is 0 Å². The van der Waals surface area contributed by atoms with E-state index in [1.54, 1.807) is 44.4 Å². The Bertz CT molecular complexity index is 928. The van der Waals surface area contributed by atoms with Gasteiger partial charge in [0, 0.05) is 11.6 Å². The molecule has 1 aliphatic heterocycles. The minimum absolute atomic E-state index is 0.122. The summed E-state index contributed by atoms with van der Waals surface area (Å²) in [6.07, 6.45) is 1.78. The van der Waals surface area contributed by atoms with E-state index < -0.39 is 0 Å². The standard InChI is InChI=1S/C21H21NO4S2/c1-13(14-8-6-5-7-9-14)22-20(23)19(28-21(22)27)11-15-10-17(25-3)18(26-4)12-16(15)24-2/h5-13H,1-4H3/b19-11-/t13-/m1/s1. The van der Waals surface area contributed by atoms with Crippen LogP contribution in [0.1, 0.15) is 24.1 Å². The summed E-state index contributed by atoms with van der Waals surface area (Å²) < 4.78 is 16.7. The van der Waals surface area contributed by atoms with Crippen molar-refractivity contribution in [1.82, 2.24) is 4.90 Å². The summed E-state index contributed by atoms with van der Waals surface area (Å²) in [5, 5.41) is 0. The van der Waals surface area contributed by atoms with Crippen LogP contribution in [0.15, 0.2) is 47.4 Å². The summed E-state index contributed by atoms with van der Waals surface area (Å²) in [6, 6.07) is 13.2. The third-order valence-corrected chi connectivity index (χ3v) is 5.85. The van der Waals surface area contributed by atoms with Crippen LogP contribution in [0.3, 0.4) is 0 Å². The lowest BCUT2D eigenvalue weighted by atomic mass is 10.1. The second-order valence-electron chi connectivity index (χ2n) is 6.09. The number of hydrogen-bond acceptors (Lipinski definition) is 6. The first-order valence-electron chi connectivity index (χ1n) is 8.62. The average Bonchev–Trinajstić information content (AvgIpc) is 3.00. The maximum Gasteiger partial charge on any atom is 0.266 e. The van der Waals surface area contributed by atoms with Gasteiger partial charge in [-0.05, 0) is 24.6 Å². The van der Waals surface area contributed by atoms with Gasteiger partial charge in [0.05, 0.1) is 32.3 Å². The van der Waals surface area contributed by atoms with Gasteiger partial charge in [-0.1, -0.05) is 54.3 Å². The third-order valence-electron chi connectivity index (χ3n) is 4.52. The second-order valence-corrected chi connectivity index (χ2v) is 7.76. The fraction of sp³-hybridized carbons (Fsp3) is 0.238. The van der Waals surface area contributed by atoms with Crippen molar-refractivity contribution >= 4 is 40.3 Å². The number of thioether (sulfide) groups is 1. The van der Waals surface area contributed by atoms with Gasteiger partial charge >= 0.3 is 0 Å². The Balaban J connectivity index is 1.96. The van der Waals surface area contributed by atoms with E-state index in [-0.39, 0.29) is 11.9 Å². The molecule has 2 aromatic rings. The molecule has 0 radical (unpaired) electrons. The first-order chi connectivity index (χ1) is 13.5. The molecule has 1 fully saturated rings. The van der Waals surface area contributed by atoms with E-state index in [0.29, 0.717) is 32.0 Å². The number of hydrogen-bond donors (Lipinski definition) is 0. The predicted molar refractivity (Wildman–Crippen MR) is 116 cm³/mol. The zero-order valence-corrected chi connectivity index (χ0v) is 17.7. The van der Waals surface area contributed by atoms with E-state index in [1.807, 2.05) is 37.3 Å². The maximum absolute atomic E-state index is 13.1. The summed E-state index contributed by atoms with van der Waals surface area (Å²) in [5.41, 5.74) is 1.75. The molecule has 0 saturated carbocycles. The molecule has 1 aliphatic rings. The van der Waals surface area contributed by atoms with Gasteiger partial charge in [0.2, 0.25) is 0 Å². The quantitative estimate of drug-likeness (QED) is 0.505. The van der Waals surface area contributed by atoms with Crippen LogP contribution in [0.4, 0.5) is 0 Å². The smallest absolute Gasteiger partial charge is 0.266 e. The van der Waals surface area contributed by atoms with Gasteiger partial charge in [-0.25, -0.2) is 0 Å². The number of thiocarbonyl (C=S) groups is 1. The van der Waals surface area contributed by atoms with Gasteiger partial charge in [0.1, 0.15) is 10.1 Å². The van der Waals surface area contributed by atoms with Crippen LogP contribution in [-0.4, -0.2) is 36.5 Å². The fourth-order valence-electron chi connectivity index (χ4n) is 3.00. The van der Waals surface area contributed by atoms with Crippen molar-refractivity contribution in [3.05, 3.63) is 58.5 Å². The number of rotatable bonds is 6. The molecule has 7 heteroatoms. The molecule has 1 heterocycles. The van der Waals surface area contributed by atoms with E-state index in [9.17, 15) is 4.79 Å². The second kappa shape index (κ2) is 8.67. The molecule has 0 aliphatic carbocycles. The first-order valence-corrected chi connectivity index (χ1v) is 9.84. The number of nitrogens with zero attached hydrogens (tertiary/aromatic N) is 1. The van der Waals surface area contributed by atoms with Crippen LogP contribution in [0.2, 0.25) is 0 Å². The molecule has 5 nitrogen and oxygen atoms in total. The molecule has 0 bridgehead atoms. The van der Waals surface area contributed by atoms with Crippen molar-refractivity contribution in [3.8, 4) is 17.2 Å². The van der Waals surface area contributed by atoms with E-state index >= 15 is 0 Å². The summed E-state index contributed by atoms with van der Waals surface area (Å²) in [4.78, 5) is 15.3. The number of amides is 1. The minimum Gasteiger partial charge on any atom is -0.496 e. The molecule has 0 spiro atoms.